The number of ketones is 1. The van der Waals surface area contributed by atoms with Gasteiger partial charge in [-0.25, -0.2) is 4.79 Å². The van der Waals surface area contributed by atoms with E-state index in [1.165, 1.54) is 12.1 Å². The number of carbonyl (C=O) groups is 3. The van der Waals surface area contributed by atoms with E-state index in [0.717, 1.165) is 11.1 Å². The van der Waals surface area contributed by atoms with Crippen molar-refractivity contribution in [1.29, 1.82) is 0 Å². The molecule has 2 aromatic carbocycles. The van der Waals surface area contributed by atoms with E-state index < -0.39 is 5.97 Å². The standard InChI is InChI=1S/C19H19NO4/c1-12-3-6-14(7-4-12)17(21)9-10-18(22)20-16-11-15(19(23)24)8-5-13(16)2/h3-8,11H,9-10H2,1-2H3,(H,20,22)(H,23,24). The van der Waals surface area contributed by atoms with E-state index in [1.807, 2.05) is 19.1 Å². The molecule has 0 saturated carbocycles. The molecular weight excluding hydrogens is 306 g/mol. The first kappa shape index (κ1) is 17.4. The number of Topliss-reactive ketones (excluding diaryl/α,β-unsaturated/α-hetero) is 1. The second kappa shape index (κ2) is 7.55. The maximum absolute atomic E-state index is 12.1. The summed E-state index contributed by atoms with van der Waals surface area (Å²) in [4.78, 5) is 35.1. The summed E-state index contributed by atoms with van der Waals surface area (Å²) in [5, 5.41) is 11.7. The molecule has 0 radical (unpaired) electrons. The molecule has 0 unspecified atom stereocenters. The minimum Gasteiger partial charge on any atom is -0.478 e. The van der Waals surface area contributed by atoms with Crippen LogP contribution in [0.2, 0.25) is 0 Å². The molecule has 0 bridgehead atoms. The quantitative estimate of drug-likeness (QED) is 0.795. The Hall–Kier alpha value is -2.95. The van der Waals surface area contributed by atoms with Gasteiger partial charge < -0.3 is 10.4 Å². The molecule has 1 amide bonds. The fourth-order valence-corrected chi connectivity index (χ4v) is 2.21. The topological polar surface area (TPSA) is 83.5 Å². The third-order valence-electron chi connectivity index (χ3n) is 3.71. The number of nitrogens with one attached hydrogen (secondary N) is 1. The first-order valence-corrected chi connectivity index (χ1v) is 7.60. The largest absolute Gasteiger partial charge is 0.478 e. The molecule has 5 nitrogen and oxygen atoms in total. The Bertz CT molecular complexity index is 778. The number of carboxylic acid groups (broad SMARTS) is 1. The molecule has 2 aromatic rings. The van der Waals surface area contributed by atoms with Gasteiger partial charge in [0.25, 0.3) is 0 Å². The Morgan fingerprint density at radius 3 is 2.17 bits per heavy atom. The van der Waals surface area contributed by atoms with Crippen LogP contribution in [0.1, 0.15) is 44.7 Å². The summed E-state index contributed by atoms with van der Waals surface area (Å²) < 4.78 is 0. The van der Waals surface area contributed by atoms with Gasteiger partial charge in [-0.1, -0.05) is 35.9 Å². The first-order chi connectivity index (χ1) is 11.4. The number of carbonyl (C=O) groups excluding carboxylic acids is 2. The zero-order valence-corrected chi connectivity index (χ0v) is 13.6. The summed E-state index contributed by atoms with van der Waals surface area (Å²) in [5.74, 6) is -1.47. The number of aryl methyl sites for hydroxylation is 2. The zero-order chi connectivity index (χ0) is 17.7. The number of anilines is 1. The van der Waals surface area contributed by atoms with Gasteiger partial charge in [-0.05, 0) is 31.5 Å². The number of carboxylic acids is 1. The fourth-order valence-electron chi connectivity index (χ4n) is 2.21. The molecule has 0 heterocycles. The highest BCUT2D eigenvalue weighted by atomic mass is 16.4. The van der Waals surface area contributed by atoms with Crippen LogP contribution in [0.25, 0.3) is 0 Å². The van der Waals surface area contributed by atoms with Gasteiger partial charge in [0.05, 0.1) is 5.56 Å². The number of hydrogen-bond acceptors (Lipinski definition) is 3. The van der Waals surface area contributed by atoms with Crippen LogP contribution in [0.15, 0.2) is 42.5 Å². The second-order valence-electron chi connectivity index (χ2n) is 5.67. The smallest absolute Gasteiger partial charge is 0.335 e. The van der Waals surface area contributed by atoms with Crippen molar-refractivity contribution in [3.8, 4) is 0 Å². The number of hydrogen-bond donors (Lipinski definition) is 2. The predicted molar refractivity (Wildman–Crippen MR) is 91.5 cm³/mol. The number of aromatic carboxylic acids is 1. The monoisotopic (exact) mass is 325 g/mol. The van der Waals surface area contributed by atoms with Crippen LogP contribution in [0, 0.1) is 13.8 Å². The zero-order valence-electron chi connectivity index (χ0n) is 13.6. The van der Waals surface area contributed by atoms with E-state index in [4.69, 9.17) is 5.11 Å². The lowest BCUT2D eigenvalue weighted by atomic mass is 10.0. The summed E-state index contributed by atoms with van der Waals surface area (Å²) in [5.41, 5.74) is 2.96. The van der Waals surface area contributed by atoms with E-state index in [0.29, 0.717) is 11.3 Å². The van der Waals surface area contributed by atoms with Gasteiger partial charge in [0.1, 0.15) is 0 Å². The Balaban J connectivity index is 1.96. The SMILES string of the molecule is Cc1ccc(C(=O)CCC(=O)Nc2cc(C(=O)O)ccc2C)cc1. The molecule has 124 valence electrons. The highest BCUT2D eigenvalue weighted by molar-refractivity contribution is 6.00. The number of benzene rings is 2. The maximum Gasteiger partial charge on any atom is 0.335 e. The third kappa shape index (κ3) is 4.52. The Kier molecular flexibility index (Phi) is 5.47. The first-order valence-electron chi connectivity index (χ1n) is 7.60. The summed E-state index contributed by atoms with van der Waals surface area (Å²) in [6.45, 7) is 3.72. The van der Waals surface area contributed by atoms with Gasteiger partial charge in [-0.3, -0.25) is 9.59 Å². The minimum atomic E-state index is -1.06. The summed E-state index contributed by atoms with van der Waals surface area (Å²) in [6, 6.07) is 11.7. The molecule has 0 aliphatic heterocycles. The lowest BCUT2D eigenvalue weighted by Crippen LogP contribution is -2.14. The summed E-state index contributed by atoms with van der Waals surface area (Å²) in [6.07, 6.45) is 0.149. The van der Waals surface area contributed by atoms with Gasteiger partial charge in [-0.2, -0.15) is 0 Å². The molecular formula is C19H19NO4. The van der Waals surface area contributed by atoms with Gasteiger partial charge >= 0.3 is 5.97 Å². The van der Waals surface area contributed by atoms with Crippen molar-refractivity contribution >= 4 is 23.3 Å². The lowest BCUT2D eigenvalue weighted by Gasteiger charge is -2.09. The molecule has 0 aromatic heterocycles. The van der Waals surface area contributed by atoms with Crippen LogP contribution in [0.5, 0.6) is 0 Å². The molecule has 5 heteroatoms. The van der Waals surface area contributed by atoms with E-state index in [-0.39, 0.29) is 30.1 Å². The van der Waals surface area contributed by atoms with Gasteiger partial charge in [0.2, 0.25) is 5.91 Å². The number of amides is 1. The summed E-state index contributed by atoms with van der Waals surface area (Å²) >= 11 is 0. The molecule has 0 spiro atoms. The van der Waals surface area contributed by atoms with Crippen LogP contribution in [-0.4, -0.2) is 22.8 Å². The van der Waals surface area contributed by atoms with E-state index in [9.17, 15) is 14.4 Å². The summed E-state index contributed by atoms with van der Waals surface area (Å²) in [7, 11) is 0. The molecule has 0 fully saturated rings. The Labute approximate surface area is 140 Å². The van der Waals surface area contributed by atoms with Crippen LogP contribution >= 0.6 is 0 Å². The Morgan fingerprint density at radius 2 is 1.54 bits per heavy atom. The Morgan fingerprint density at radius 1 is 0.917 bits per heavy atom. The van der Waals surface area contributed by atoms with E-state index >= 15 is 0 Å². The van der Waals surface area contributed by atoms with Gasteiger partial charge in [0, 0.05) is 24.1 Å². The van der Waals surface area contributed by atoms with Crippen LogP contribution < -0.4 is 5.32 Å². The minimum absolute atomic E-state index is 0.0451. The average Bonchev–Trinajstić information content (AvgIpc) is 2.55. The fraction of sp³-hybridized carbons (Fsp3) is 0.211. The van der Waals surface area contributed by atoms with Gasteiger partial charge in [-0.15, -0.1) is 0 Å². The van der Waals surface area contributed by atoms with Crippen molar-refractivity contribution in [1.82, 2.24) is 0 Å². The highest BCUT2D eigenvalue weighted by Crippen LogP contribution is 2.18. The van der Waals surface area contributed by atoms with Crippen molar-refractivity contribution in [2.75, 3.05) is 5.32 Å². The molecule has 0 aliphatic rings. The van der Waals surface area contributed by atoms with Crippen LogP contribution in [-0.2, 0) is 4.79 Å². The maximum atomic E-state index is 12.1. The third-order valence-corrected chi connectivity index (χ3v) is 3.71. The molecule has 0 saturated heterocycles. The van der Waals surface area contributed by atoms with Gasteiger partial charge in [0.15, 0.2) is 5.78 Å². The van der Waals surface area contributed by atoms with Crippen LogP contribution in [0.4, 0.5) is 5.69 Å². The van der Waals surface area contributed by atoms with Crippen LogP contribution in [0.3, 0.4) is 0 Å². The van der Waals surface area contributed by atoms with E-state index in [2.05, 4.69) is 5.32 Å². The van der Waals surface area contributed by atoms with E-state index in [1.54, 1.807) is 25.1 Å². The normalized spacial score (nSPS) is 10.2. The average molecular weight is 325 g/mol. The van der Waals surface area contributed by atoms with Crippen molar-refractivity contribution < 1.29 is 19.5 Å². The van der Waals surface area contributed by atoms with Crippen molar-refractivity contribution in [2.24, 2.45) is 0 Å². The van der Waals surface area contributed by atoms with Crippen molar-refractivity contribution in [3.63, 3.8) is 0 Å². The predicted octanol–water partition coefficient (Wildman–Crippen LogP) is 3.60. The number of rotatable bonds is 6. The van der Waals surface area contributed by atoms with Crippen molar-refractivity contribution in [3.05, 3.63) is 64.7 Å². The molecule has 2 N–H and O–H groups in total. The molecule has 0 aliphatic carbocycles. The molecule has 0 atom stereocenters. The lowest BCUT2D eigenvalue weighted by molar-refractivity contribution is -0.116. The highest BCUT2D eigenvalue weighted by Gasteiger charge is 2.12. The van der Waals surface area contributed by atoms with Crippen molar-refractivity contribution in [2.45, 2.75) is 26.7 Å². The molecule has 2 rings (SSSR count). The molecule has 24 heavy (non-hydrogen) atoms. The second-order valence-corrected chi connectivity index (χ2v) is 5.67.